The molecular formula is C51H79NO13. The number of aliphatic hydroxyl groups excluding tert-OH is 2. The van der Waals surface area contributed by atoms with Gasteiger partial charge in [0.1, 0.15) is 30.1 Å². The molecule has 65 heavy (non-hydrogen) atoms. The molecule has 15 atom stereocenters. The minimum Gasteiger partial charge on any atom is -0.460 e. The Hall–Kier alpha value is -3.37. The predicted octanol–water partition coefficient (Wildman–Crippen LogP) is 6.18. The van der Waals surface area contributed by atoms with E-state index in [1.807, 2.05) is 58.1 Å². The Kier molecular flexibility index (Phi) is 21.0. The third-order valence-corrected chi connectivity index (χ3v) is 14.5. The quantitative estimate of drug-likeness (QED) is 0.156. The van der Waals surface area contributed by atoms with Crippen LogP contribution in [0.3, 0.4) is 0 Å². The number of rotatable bonds is 6. The van der Waals surface area contributed by atoms with Crippen molar-refractivity contribution in [3.63, 3.8) is 0 Å². The van der Waals surface area contributed by atoms with Crippen LogP contribution >= 0.6 is 0 Å². The fourth-order valence-electron chi connectivity index (χ4n) is 10.1. The molecule has 366 valence electrons. The van der Waals surface area contributed by atoms with E-state index in [-0.39, 0.29) is 54.8 Å². The van der Waals surface area contributed by atoms with Crippen molar-refractivity contribution in [1.82, 2.24) is 4.90 Å². The van der Waals surface area contributed by atoms with E-state index in [9.17, 15) is 39.3 Å². The number of amides is 1. The van der Waals surface area contributed by atoms with E-state index < -0.39 is 83.9 Å². The third-order valence-electron chi connectivity index (χ3n) is 14.5. The Labute approximate surface area is 387 Å². The number of piperidine rings is 1. The highest BCUT2D eigenvalue weighted by atomic mass is 16.6. The van der Waals surface area contributed by atoms with Gasteiger partial charge in [0, 0.05) is 58.5 Å². The van der Waals surface area contributed by atoms with Gasteiger partial charge in [-0.2, -0.15) is 0 Å². The van der Waals surface area contributed by atoms with Crippen molar-refractivity contribution in [1.29, 1.82) is 0 Å². The number of fused-ring (bicyclic) bond motifs is 3. The average molecular weight is 914 g/mol. The van der Waals surface area contributed by atoms with Gasteiger partial charge in [0.05, 0.1) is 24.4 Å². The Morgan fingerprint density at radius 1 is 0.846 bits per heavy atom. The molecule has 14 heteroatoms. The van der Waals surface area contributed by atoms with Crippen molar-refractivity contribution < 1.29 is 63.0 Å². The van der Waals surface area contributed by atoms with Crippen molar-refractivity contribution in [2.75, 3.05) is 27.9 Å². The van der Waals surface area contributed by atoms with E-state index in [1.54, 1.807) is 41.1 Å². The summed E-state index contributed by atoms with van der Waals surface area (Å²) in [5.41, 5.74) is 1.27. The second-order valence-corrected chi connectivity index (χ2v) is 19.6. The second-order valence-electron chi connectivity index (χ2n) is 19.6. The van der Waals surface area contributed by atoms with Crippen molar-refractivity contribution in [3.8, 4) is 0 Å². The highest BCUT2D eigenvalue weighted by Gasteiger charge is 2.53. The maximum Gasteiger partial charge on any atom is 0.329 e. The molecule has 1 amide bonds. The largest absolute Gasteiger partial charge is 0.460 e. The lowest BCUT2D eigenvalue weighted by atomic mass is 9.78. The van der Waals surface area contributed by atoms with Gasteiger partial charge in [0.15, 0.2) is 5.78 Å². The number of esters is 1. The number of hydrogen-bond acceptors (Lipinski definition) is 13. The molecule has 0 aromatic rings. The van der Waals surface area contributed by atoms with E-state index in [1.165, 1.54) is 12.0 Å². The van der Waals surface area contributed by atoms with E-state index in [0.717, 1.165) is 12.0 Å². The lowest BCUT2D eigenvalue weighted by molar-refractivity contribution is -0.265. The van der Waals surface area contributed by atoms with Gasteiger partial charge in [-0.15, -0.1) is 0 Å². The summed E-state index contributed by atoms with van der Waals surface area (Å²) in [5.74, 6) is -7.96. The van der Waals surface area contributed by atoms with Gasteiger partial charge < -0.3 is 43.9 Å². The van der Waals surface area contributed by atoms with Crippen LogP contribution in [0.4, 0.5) is 0 Å². The van der Waals surface area contributed by atoms with Gasteiger partial charge in [-0.25, -0.2) is 4.79 Å². The normalized spacial score (nSPS) is 40.4. The average Bonchev–Trinajstić information content (AvgIpc) is 3.28. The van der Waals surface area contributed by atoms with Crippen molar-refractivity contribution in [2.45, 2.75) is 180 Å². The maximum atomic E-state index is 14.4. The van der Waals surface area contributed by atoms with Gasteiger partial charge in [-0.3, -0.25) is 19.2 Å². The summed E-state index contributed by atoms with van der Waals surface area (Å²) < 4.78 is 29.4. The Morgan fingerprint density at radius 3 is 2.25 bits per heavy atom. The van der Waals surface area contributed by atoms with Crippen LogP contribution in [-0.2, 0) is 47.7 Å². The number of Topliss-reactive ketones (excluding diaryl/α,β-unsaturated/α-hetero) is 3. The summed E-state index contributed by atoms with van der Waals surface area (Å²) in [4.78, 5) is 71.8. The van der Waals surface area contributed by atoms with E-state index in [4.69, 9.17) is 23.7 Å². The zero-order valence-corrected chi connectivity index (χ0v) is 40.6. The number of hydrogen-bond donors (Lipinski definition) is 3. The lowest BCUT2D eigenvalue weighted by Crippen LogP contribution is -2.61. The summed E-state index contributed by atoms with van der Waals surface area (Å²) in [6.07, 6.45) is 11.2. The number of carbonyl (C=O) groups is 5. The molecule has 0 aromatic heterocycles. The summed E-state index contributed by atoms with van der Waals surface area (Å²) >= 11 is 0. The molecule has 1 aliphatic carbocycles. The molecule has 4 aliphatic rings. The van der Waals surface area contributed by atoms with E-state index in [0.29, 0.717) is 63.4 Å². The smallest absolute Gasteiger partial charge is 0.329 e. The van der Waals surface area contributed by atoms with E-state index in [2.05, 4.69) is 0 Å². The van der Waals surface area contributed by atoms with Gasteiger partial charge in [-0.1, -0.05) is 71.1 Å². The first kappa shape index (κ1) is 54.2. The van der Waals surface area contributed by atoms with Gasteiger partial charge in [0.2, 0.25) is 5.79 Å². The van der Waals surface area contributed by atoms with Crippen LogP contribution in [-0.4, -0.2) is 132 Å². The highest BCUT2D eigenvalue weighted by Crippen LogP contribution is 2.38. The van der Waals surface area contributed by atoms with Crippen LogP contribution in [0.5, 0.6) is 0 Å². The summed E-state index contributed by atoms with van der Waals surface area (Å²) in [6, 6.07) is -1.14. The number of nitrogens with zero attached hydrogens (tertiary/aromatic N) is 1. The Balaban J connectivity index is 1.70. The first-order valence-electron chi connectivity index (χ1n) is 23.9. The molecule has 2 saturated heterocycles. The molecule has 8 unspecified atom stereocenters. The number of carbonyl (C=O) groups excluding carboxylic acids is 5. The molecule has 1 saturated carbocycles. The zero-order valence-electron chi connectivity index (χ0n) is 40.6. The monoisotopic (exact) mass is 914 g/mol. The number of cyclic esters (lactones) is 1. The fourth-order valence-corrected chi connectivity index (χ4v) is 10.1. The van der Waals surface area contributed by atoms with Crippen molar-refractivity contribution in [3.05, 3.63) is 47.6 Å². The van der Waals surface area contributed by atoms with Crippen LogP contribution in [0.15, 0.2) is 47.6 Å². The molecule has 3 fully saturated rings. The van der Waals surface area contributed by atoms with E-state index >= 15 is 0 Å². The molecule has 0 spiro atoms. The molecule has 3 aliphatic heterocycles. The molecule has 14 nitrogen and oxygen atoms in total. The number of aliphatic hydroxyl groups is 3. The van der Waals surface area contributed by atoms with Gasteiger partial charge in [0.25, 0.3) is 11.7 Å². The maximum absolute atomic E-state index is 14.4. The Bertz CT molecular complexity index is 1760. The van der Waals surface area contributed by atoms with Crippen molar-refractivity contribution in [2.24, 2.45) is 35.5 Å². The predicted molar refractivity (Wildman–Crippen MR) is 245 cm³/mol. The minimum absolute atomic E-state index is 0.0193. The topological polar surface area (TPSA) is 195 Å². The molecule has 3 N–H and O–H groups in total. The number of ketones is 3. The number of ether oxygens (including phenoxy) is 5. The summed E-state index contributed by atoms with van der Waals surface area (Å²) in [7, 11) is 4.52. The molecule has 0 aromatic carbocycles. The van der Waals surface area contributed by atoms with Crippen LogP contribution in [0.25, 0.3) is 0 Å². The molecule has 3 heterocycles. The summed E-state index contributed by atoms with van der Waals surface area (Å²) in [5, 5.41) is 33.8. The fraction of sp³-hybridized carbons (Fsp3) is 0.745. The second kappa shape index (κ2) is 25.1. The lowest BCUT2D eigenvalue weighted by Gasteiger charge is -2.42. The molecule has 0 radical (unpaired) electrons. The SMILES string of the molecule is COC1C[C@@H]2CCC(C)C(O)(O2)C(=O)C(=O)N2CCCCC2C(=O)O[C@H]([C@H](C)CC2CC[C@@H](O)C(OC)C2)CC(=O)[C@H](C)/C=C(\C)[C@@H](O)C(OC)C(=O)C(C)C[C@H](C)/C=C/C=C/C=C/1C. The summed E-state index contributed by atoms with van der Waals surface area (Å²) in [6.45, 7) is 12.7. The number of methoxy groups -OCH3 is 3. The number of allylic oxidation sites excluding steroid dienone is 6. The first-order chi connectivity index (χ1) is 30.7. The van der Waals surface area contributed by atoms with Crippen LogP contribution < -0.4 is 0 Å². The first-order valence-corrected chi connectivity index (χ1v) is 23.9. The van der Waals surface area contributed by atoms with Gasteiger partial charge in [-0.05, 0) is 107 Å². The highest BCUT2D eigenvalue weighted by molar-refractivity contribution is 6.39. The Morgan fingerprint density at radius 2 is 1.57 bits per heavy atom. The third kappa shape index (κ3) is 14.3. The van der Waals surface area contributed by atoms with Crippen molar-refractivity contribution >= 4 is 29.2 Å². The molecule has 4 rings (SSSR count). The standard InChI is InChI=1S/C51H79NO13/c1-30-16-12-11-13-17-31(2)42(61-8)28-38-21-19-36(7)51(60,65-38)48(57)49(58)52-23-15-14-18-39(52)50(59)64-43(33(4)26-37-20-22-40(53)44(27-37)62-9)29-41(54)32(3)25-35(6)46(56)47(63-10)45(55)34(5)24-30/h11-13,16-17,25,30,32-34,36-40,42-44,46-47,53,56,60H,14-15,18-24,26-29H2,1-10H3/b13-11+,16-12+,31-17+,35-25+/t30-,32-,33-,34?,36?,37?,38+,39?,40-,42?,43+,44?,46-,47?,51?/m1/s1. The zero-order chi connectivity index (χ0) is 48.2. The van der Waals surface area contributed by atoms with Gasteiger partial charge >= 0.3 is 5.97 Å². The molecule has 2 bridgehead atoms. The molecular weight excluding hydrogens is 835 g/mol. The minimum atomic E-state index is -2.43. The van der Waals surface area contributed by atoms with Crippen LogP contribution in [0.1, 0.15) is 126 Å². The van der Waals surface area contributed by atoms with Crippen LogP contribution in [0.2, 0.25) is 0 Å². The van der Waals surface area contributed by atoms with Crippen LogP contribution in [0, 0.1) is 35.5 Å².